The van der Waals surface area contributed by atoms with Gasteiger partial charge in [-0.3, -0.25) is 4.90 Å². The Hall–Kier alpha value is -1.13. The molecular weight excluding hydrogens is 229 g/mol. The lowest BCUT2D eigenvalue weighted by atomic mass is 9.95. The first-order valence-electron chi connectivity index (χ1n) is 6.37. The van der Waals surface area contributed by atoms with Crippen molar-refractivity contribution >= 4 is 5.69 Å². The van der Waals surface area contributed by atoms with Crippen LogP contribution >= 0.6 is 0 Å². The average Bonchev–Trinajstić information content (AvgIpc) is 2.32. The predicted octanol–water partition coefficient (Wildman–Crippen LogP) is 1.68. The Kier molecular flexibility index (Phi) is 3.59. The molecule has 0 amide bonds. The number of hydrogen-bond donors (Lipinski definition) is 1. The summed E-state index contributed by atoms with van der Waals surface area (Å²) in [6.45, 7) is 6.74. The predicted molar refractivity (Wildman–Crippen MR) is 73.3 cm³/mol. The molecule has 0 aliphatic carbocycles. The average molecular weight is 251 g/mol. The number of rotatable bonds is 2. The van der Waals surface area contributed by atoms with Crippen molar-refractivity contribution in [3.8, 4) is 0 Å². The molecule has 1 aromatic carbocycles. The highest BCUT2D eigenvalue weighted by Gasteiger charge is 2.36. The Morgan fingerprint density at radius 1 is 1.44 bits per heavy atom. The van der Waals surface area contributed by atoms with Crippen LogP contribution < -0.4 is 10.6 Å². The molecule has 1 aliphatic rings. The highest BCUT2D eigenvalue weighted by molar-refractivity contribution is 5.49. The van der Waals surface area contributed by atoms with Gasteiger partial charge < -0.3 is 10.6 Å². The number of halogens is 1. The van der Waals surface area contributed by atoms with Gasteiger partial charge in [0.15, 0.2) is 0 Å². The van der Waals surface area contributed by atoms with Crippen molar-refractivity contribution < 1.29 is 4.39 Å². The van der Waals surface area contributed by atoms with E-state index in [1.807, 2.05) is 6.07 Å². The van der Waals surface area contributed by atoms with Crippen LogP contribution in [-0.4, -0.2) is 43.2 Å². The van der Waals surface area contributed by atoms with Crippen molar-refractivity contribution in [3.05, 3.63) is 30.1 Å². The van der Waals surface area contributed by atoms with Crippen molar-refractivity contribution in [2.24, 2.45) is 5.73 Å². The fourth-order valence-corrected chi connectivity index (χ4v) is 2.49. The maximum absolute atomic E-state index is 13.4. The molecule has 0 bridgehead atoms. The van der Waals surface area contributed by atoms with E-state index in [4.69, 9.17) is 5.73 Å². The summed E-state index contributed by atoms with van der Waals surface area (Å²) in [7, 11) is 2.12. The van der Waals surface area contributed by atoms with E-state index >= 15 is 0 Å². The molecule has 100 valence electrons. The molecule has 1 saturated heterocycles. The monoisotopic (exact) mass is 251 g/mol. The van der Waals surface area contributed by atoms with Crippen LogP contribution in [0.4, 0.5) is 10.1 Å². The normalized spacial score (nSPS) is 24.3. The van der Waals surface area contributed by atoms with Crippen LogP contribution in [0.3, 0.4) is 0 Å². The van der Waals surface area contributed by atoms with E-state index in [-0.39, 0.29) is 17.4 Å². The lowest BCUT2D eigenvalue weighted by Gasteiger charge is -2.50. The zero-order valence-electron chi connectivity index (χ0n) is 11.4. The standard InChI is InChI=1S/C14H22FN3/c1-14(2)10-18(13(8-16)9-17(14)3)12-6-4-5-11(15)7-12/h4-7,13H,8-10,16H2,1-3H3. The molecular formula is C14H22FN3. The van der Waals surface area contributed by atoms with Crippen molar-refractivity contribution in [1.82, 2.24) is 4.90 Å². The quantitative estimate of drug-likeness (QED) is 0.868. The molecule has 0 saturated carbocycles. The van der Waals surface area contributed by atoms with Gasteiger partial charge in [0, 0.05) is 30.9 Å². The van der Waals surface area contributed by atoms with Gasteiger partial charge in [-0.15, -0.1) is 0 Å². The number of nitrogens with zero attached hydrogens (tertiary/aromatic N) is 2. The third kappa shape index (κ3) is 2.49. The summed E-state index contributed by atoms with van der Waals surface area (Å²) in [5.41, 5.74) is 6.85. The van der Waals surface area contributed by atoms with Crippen LogP contribution in [0.15, 0.2) is 24.3 Å². The SMILES string of the molecule is CN1CC(CN)N(c2cccc(F)c2)CC1(C)C. The molecule has 1 aromatic rings. The largest absolute Gasteiger partial charge is 0.364 e. The fourth-order valence-electron chi connectivity index (χ4n) is 2.49. The van der Waals surface area contributed by atoms with Gasteiger partial charge in [-0.05, 0) is 39.1 Å². The number of likely N-dealkylation sites (N-methyl/N-ethyl adjacent to an activating group) is 1. The molecule has 2 rings (SSSR count). The van der Waals surface area contributed by atoms with Crippen LogP contribution in [0.25, 0.3) is 0 Å². The summed E-state index contributed by atoms with van der Waals surface area (Å²) in [6.07, 6.45) is 0. The van der Waals surface area contributed by atoms with E-state index in [9.17, 15) is 4.39 Å². The Labute approximate surface area is 108 Å². The molecule has 0 spiro atoms. The van der Waals surface area contributed by atoms with E-state index in [0.29, 0.717) is 6.54 Å². The van der Waals surface area contributed by atoms with Crippen molar-refractivity contribution in [2.75, 3.05) is 31.6 Å². The van der Waals surface area contributed by atoms with Gasteiger partial charge in [0.1, 0.15) is 5.82 Å². The second kappa shape index (κ2) is 4.86. The highest BCUT2D eigenvalue weighted by atomic mass is 19.1. The van der Waals surface area contributed by atoms with Gasteiger partial charge in [-0.2, -0.15) is 0 Å². The van der Waals surface area contributed by atoms with Crippen molar-refractivity contribution in [3.63, 3.8) is 0 Å². The Bertz CT molecular complexity index is 419. The third-order valence-corrected chi connectivity index (χ3v) is 3.93. The first kappa shape index (κ1) is 13.3. The zero-order chi connectivity index (χ0) is 13.3. The summed E-state index contributed by atoms with van der Waals surface area (Å²) in [5.74, 6) is -0.194. The minimum atomic E-state index is -0.194. The minimum Gasteiger partial charge on any atom is -0.364 e. The zero-order valence-corrected chi connectivity index (χ0v) is 11.4. The van der Waals surface area contributed by atoms with Crippen LogP contribution in [0.5, 0.6) is 0 Å². The number of benzene rings is 1. The summed E-state index contributed by atoms with van der Waals surface area (Å²) >= 11 is 0. The first-order valence-corrected chi connectivity index (χ1v) is 6.37. The summed E-state index contributed by atoms with van der Waals surface area (Å²) in [4.78, 5) is 4.55. The number of anilines is 1. The third-order valence-electron chi connectivity index (χ3n) is 3.93. The van der Waals surface area contributed by atoms with Gasteiger partial charge in [-0.1, -0.05) is 6.07 Å². The van der Waals surface area contributed by atoms with E-state index in [0.717, 1.165) is 18.8 Å². The highest BCUT2D eigenvalue weighted by Crippen LogP contribution is 2.27. The molecule has 4 heteroatoms. The number of nitrogens with two attached hydrogens (primary N) is 1. The van der Waals surface area contributed by atoms with Crippen molar-refractivity contribution in [2.45, 2.75) is 25.4 Å². The smallest absolute Gasteiger partial charge is 0.125 e. The summed E-state index contributed by atoms with van der Waals surface area (Å²) in [5, 5.41) is 0. The molecule has 2 N–H and O–H groups in total. The Balaban J connectivity index is 2.29. The van der Waals surface area contributed by atoms with Gasteiger partial charge in [-0.25, -0.2) is 4.39 Å². The van der Waals surface area contributed by atoms with Crippen LogP contribution in [0, 0.1) is 5.82 Å². The maximum Gasteiger partial charge on any atom is 0.125 e. The van der Waals surface area contributed by atoms with Gasteiger partial charge in [0.05, 0.1) is 6.04 Å². The Morgan fingerprint density at radius 3 is 2.78 bits per heavy atom. The first-order chi connectivity index (χ1) is 8.44. The molecule has 18 heavy (non-hydrogen) atoms. The second-order valence-corrected chi connectivity index (χ2v) is 5.69. The molecule has 0 radical (unpaired) electrons. The number of piperazine rings is 1. The molecule has 3 nitrogen and oxygen atoms in total. The van der Waals surface area contributed by atoms with Crippen LogP contribution in [-0.2, 0) is 0 Å². The van der Waals surface area contributed by atoms with Gasteiger partial charge in [0.25, 0.3) is 0 Å². The topological polar surface area (TPSA) is 32.5 Å². The second-order valence-electron chi connectivity index (χ2n) is 5.69. The van der Waals surface area contributed by atoms with Gasteiger partial charge >= 0.3 is 0 Å². The number of hydrogen-bond acceptors (Lipinski definition) is 3. The molecule has 0 aromatic heterocycles. The molecule has 1 aliphatic heterocycles. The van der Waals surface area contributed by atoms with E-state index in [1.165, 1.54) is 6.07 Å². The van der Waals surface area contributed by atoms with Crippen LogP contribution in [0.2, 0.25) is 0 Å². The van der Waals surface area contributed by atoms with Crippen molar-refractivity contribution in [1.29, 1.82) is 0 Å². The maximum atomic E-state index is 13.4. The van der Waals surface area contributed by atoms with E-state index < -0.39 is 0 Å². The molecule has 1 atom stereocenters. The minimum absolute atomic E-state index is 0.0674. The summed E-state index contributed by atoms with van der Waals surface area (Å²) in [6, 6.07) is 7.01. The Morgan fingerprint density at radius 2 is 2.17 bits per heavy atom. The lowest BCUT2D eigenvalue weighted by Crippen LogP contribution is -2.64. The molecule has 1 heterocycles. The van der Waals surface area contributed by atoms with E-state index in [2.05, 4.69) is 30.7 Å². The van der Waals surface area contributed by atoms with Gasteiger partial charge in [0.2, 0.25) is 0 Å². The lowest BCUT2D eigenvalue weighted by molar-refractivity contribution is 0.116. The van der Waals surface area contributed by atoms with E-state index in [1.54, 1.807) is 12.1 Å². The van der Waals surface area contributed by atoms with Crippen LogP contribution in [0.1, 0.15) is 13.8 Å². The fraction of sp³-hybridized carbons (Fsp3) is 0.571. The molecule has 1 fully saturated rings. The molecule has 1 unspecified atom stereocenters. The summed E-state index contributed by atoms with van der Waals surface area (Å²) < 4.78 is 13.4.